The lowest BCUT2D eigenvalue weighted by atomic mass is 9.76. The summed E-state index contributed by atoms with van der Waals surface area (Å²) < 4.78 is 27.3. The van der Waals surface area contributed by atoms with Gasteiger partial charge >= 0.3 is 5.69 Å². The number of hydrogen-bond acceptors (Lipinski definition) is 2. The van der Waals surface area contributed by atoms with E-state index in [2.05, 4.69) is 22.1 Å². The molecule has 6 heteroatoms. The Hall–Kier alpha value is -3.02. The highest BCUT2D eigenvalue weighted by molar-refractivity contribution is 5.31. The first-order valence-electron chi connectivity index (χ1n) is 9.85. The quantitative estimate of drug-likeness (QED) is 0.688. The summed E-state index contributed by atoms with van der Waals surface area (Å²) in [6.07, 6.45) is 3.57. The van der Waals surface area contributed by atoms with Gasteiger partial charge in [-0.05, 0) is 54.7 Å². The van der Waals surface area contributed by atoms with Crippen molar-refractivity contribution in [3.63, 3.8) is 0 Å². The first-order valence-corrected chi connectivity index (χ1v) is 9.85. The lowest BCUT2D eigenvalue weighted by Gasteiger charge is -2.29. The zero-order chi connectivity index (χ0) is 20.4. The average Bonchev–Trinajstić information content (AvgIpc) is 2.72. The van der Waals surface area contributed by atoms with E-state index in [9.17, 15) is 18.4 Å². The van der Waals surface area contributed by atoms with E-state index in [1.54, 1.807) is 0 Å². The largest absolute Gasteiger partial charge is 0.325 e. The van der Waals surface area contributed by atoms with Crippen LogP contribution < -0.4 is 11.2 Å². The predicted octanol–water partition coefficient (Wildman–Crippen LogP) is 4.37. The van der Waals surface area contributed by atoms with Crippen LogP contribution in [0.5, 0.6) is 0 Å². The van der Waals surface area contributed by atoms with Crippen molar-refractivity contribution in [3.05, 3.63) is 103 Å². The Morgan fingerprint density at radius 1 is 0.862 bits per heavy atom. The third kappa shape index (κ3) is 4.21. The Bertz CT molecular complexity index is 1110. The fourth-order valence-electron chi connectivity index (χ4n) is 4.35. The molecule has 29 heavy (non-hydrogen) atoms. The van der Waals surface area contributed by atoms with E-state index < -0.39 is 22.9 Å². The Balaban J connectivity index is 1.61. The van der Waals surface area contributed by atoms with Crippen molar-refractivity contribution in [2.24, 2.45) is 0 Å². The van der Waals surface area contributed by atoms with Crippen LogP contribution in [0.3, 0.4) is 0 Å². The van der Waals surface area contributed by atoms with Gasteiger partial charge in [-0.25, -0.2) is 13.6 Å². The second-order valence-corrected chi connectivity index (χ2v) is 7.67. The predicted molar refractivity (Wildman–Crippen MR) is 107 cm³/mol. The average molecular weight is 396 g/mol. The summed E-state index contributed by atoms with van der Waals surface area (Å²) in [5, 5.41) is 0. The second kappa shape index (κ2) is 8.15. The van der Waals surface area contributed by atoms with Crippen LogP contribution in [0.15, 0.2) is 58.1 Å². The zero-order valence-corrected chi connectivity index (χ0v) is 15.9. The van der Waals surface area contributed by atoms with Crippen LogP contribution in [0.1, 0.15) is 59.9 Å². The molecule has 1 heterocycles. The second-order valence-electron chi connectivity index (χ2n) is 7.67. The molecule has 1 aliphatic carbocycles. The van der Waals surface area contributed by atoms with E-state index in [1.807, 2.05) is 18.2 Å². The van der Waals surface area contributed by atoms with Gasteiger partial charge in [-0.3, -0.25) is 9.78 Å². The normalized spacial score (nSPS) is 19.2. The van der Waals surface area contributed by atoms with Gasteiger partial charge in [-0.15, -0.1) is 0 Å². The van der Waals surface area contributed by atoms with Gasteiger partial charge in [0.15, 0.2) is 0 Å². The standard InChI is InChI=1S/C23H22F2N2O2/c24-18-11-10-17(20(25)13-18)12-19-21(26-23(29)27-22(19)28)16-8-6-15(7-9-16)14-4-2-1-3-5-14/h1-5,10-11,13,15-16H,6-9,12H2,(H2,26,27,28,29)/t15-,16-. The van der Waals surface area contributed by atoms with Crippen LogP contribution in [-0.2, 0) is 6.42 Å². The molecule has 0 amide bonds. The molecule has 4 rings (SSSR count). The highest BCUT2D eigenvalue weighted by Gasteiger charge is 2.27. The molecule has 2 N–H and O–H groups in total. The number of benzene rings is 2. The number of aromatic nitrogens is 2. The van der Waals surface area contributed by atoms with Gasteiger partial charge in [0.1, 0.15) is 11.6 Å². The maximum Gasteiger partial charge on any atom is 0.325 e. The third-order valence-electron chi connectivity index (χ3n) is 5.86. The van der Waals surface area contributed by atoms with E-state index in [1.165, 1.54) is 17.7 Å². The van der Waals surface area contributed by atoms with Crippen molar-refractivity contribution in [1.82, 2.24) is 9.97 Å². The summed E-state index contributed by atoms with van der Waals surface area (Å²) in [5.41, 5.74) is 1.38. The first-order chi connectivity index (χ1) is 14.0. The van der Waals surface area contributed by atoms with Crippen molar-refractivity contribution >= 4 is 0 Å². The number of rotatable bonds is 4. The lowest BCUT2D eigenvalue weighted by Crippen LogP contribution is -2.30. The lowest BCUT2D eigenvalue weighted by molar-refractivity contribution is 0.388. The molecule has 0 radical (unpaired) electrons. The number of aromatic amines is 2. The van der Waals surface area contributed by atoms with E-state index in [4.69, 9.17) is 0 Å². The molecule has 0 unspecified atom stereocenters. The van der Waals surface area contributed by atoms with Gasteiger partial charge in [-0.1, -0.05) is 36.4 Å². The van der Waals surface area contributed by atoms with Crippen molar-refractivity contribution in [3.8, 4) is 0 Å². The molecule has 1 aromatic heterocycles. The Morgan fingerprint density at radius 2 is 1.55 bits per heavy atom. The highest BCUT2D eigenvalue weighted by atomic mass is 19.1. The molecule has 4 nitrogen and oxygen atoms in total. The summed E-state index contributed by atoms with van der Waals surface area (Å²) in [4.78, 5) is 29.4. The molecule has 150 valence electrons. The minimum Gasteiger partial charge on any atom is -0.311 e. The summed E-state index contributed by atoms with van der Waals surface area (Å²) in [7, 11) is 0. The summed E-state index contributed by atoms with van der Waals surface area (Å²) >= 11 is 0. The topological polar surface area (TPSA) is 65.7 Å². The number of halogens is 2. The van der Waals surface area contributed by atoms with Crippen molar-refractivity contribution < 1.29 is 8.78 Å². The molecule has 1 aliphatic rings. The molecular formula is C23H22F2N2O2. The van der Waals surface area contributed by atoms with Crippen LogP contribution in [0.2, 0.25) is 0 Å². The SMILES string of the molecule is O=c1[nH]c(=O)c(Cc2ccc(F)cc2F)c([C@H]2CC[C@H](c3ccccc3)CC2)[nH]1. The fourth-order valence-corrected chi connectivity index (χ4v) is 4.35. The fraction of sp³-hybridized carbons (Fsp3) is 0.304. The molecule has 1 saturated carbocycles. The Kier molecular flexibility index (Phi) is 5.43. The highest BCUT2D eigenvalue weighted by Crippen LogP contribution is 2.40. The maximum atomic E-state index is 14.1. The molecule has 0 spiro atoms. The van der Waals surface area contributed by atoms with Crippen molar-refractivity contribution in [2.45, 2.75) is 43.9 Å². The zero-order valence-electron chi connectivity index (χ0n) is 15.9. The van der Waals surface area contributed by atoms with E-state index in [0.29, 0.717) is 17.2 Å². The minimum absolute atomic E-state index is 0.00612. The number of nitrogens with one attached hydrogen (secondary N) is 2. The Labute approximate surface area is 166 Å². The van der Waals surface area contributed by atoms with E-state index in [-0.39, 0.29) is 17.9 Å². The van der Waals surface area contributed by atoms with Gasteiger partial charge in [0.25, 0.3) is 5.56 Å². The first kappa shape index (κ1) is 19.3. The number of hydrogen-bond donors (Lipinski definition) is 2. The molecule has 0 saturated heterocycles. The van der Waals surface area contributed by atoms with Gasteiger partial charge in [0.05, 0.1) is 0 Å². The van der Waals surface area contributed by atoms with Gasteiger partial charge in [0.2, 0.25) is 0 Å². The van der Waals surface area contributed by atoms with Crippen LogP contribution in [0.25, 0.3) is 0 Å². The summed E-state index contributed by atoms with van der Waals surface area (Å²) in [6.45, 7) is 0. The molecule has 2 aromatic carbocycles. The number of H-pyrrole nitrogens is 2. The van der Waals surface area contributed by atoms with Crippen LogP contribution in [0.4, 0.5) is 8.78 Å². The summed E-state index contributed by atoms with van der Waals surface area (Å²) in [5.74, 6) is -0.877. The molecule has 0 atom stereocenters. The van der Waals surface area contributed by atoms with Crippen LogP contribution in [-0.4, -0.2) is 9.97 Å². The molecule has 1 fully saturated rings. The smallest absolute Gasteiger partial charge is 0.311 e. The monoisotopic (exact) mass is 396 g/mol. The van der Waals surface area contributed by atoms with E-state index >= 15 is 0 Å². The van der Waals surface area contributed by atoms with Gasteiger partial charge in [0, 0.05) is 23.7 Å². The third-order valence-corrected chi connectivity index (χ3v) is 5.86. The van der Waals surface area contributed by atoms with Crippen LogP contribution in [0, 0.1) is 11.6 Å². The maximum absolute atomic E-state index is 14.1. The molecule has 0 bridgehead atoms. The minimum atomic E-state index is -0.700. The molecule has 0 aliphatic heterocycles. The molecular weight excluding hydrogens is 374 g/mol. The van der Waals surface area contributed by atoms with Gasteiger partial charge in [-0.2, -0.15) is 0 Å². The van der Waals surface area contributed by atoms with Crippen molar-refractivity contribution in [2.75, 3.05) is 0 Å². The van der Waals surface area contributed by atoms with Gasteiger partial charge < -0.3 is 4.98 Å². The van der Waals surface area contributed by atoms with Crippen LogP contribution >= 0.6 is 0 Å². The van der Waals surface area contributed by atoms with Crippen molar-refractivity contribution in [1.29, 1.82) is 0 Å². The Morgan fingerprint density at radius 3 is 2.24 bits per heavy atom. The van der Waals surface area contributed by atoms with E-state index in [0.717, 1.165) is 31.7 Å². The summed E-state index contributed by atoms with van der Waals surface area (Å²) in [6, 6.07) is 13.6. The molecule has 3 aromatic rings.